The van der Waals surface area contributed by atoms with Crippen LogP contribution in [-0.2, 0) is 9.53 Å². The summed E-state index contributed by atoms with van der Waals surface area (Å²) in [5, 5.41) is 2.63. The Morgan fingerprint density at radius 3 is 2.89 bits per heavy atom. The molecule has 1 aromatic rings. The zero-order valence-corrected chi connectivity index (χ0v) is 11.3. The highest BCUT2D eigenvalue weighted by Crippen LogP contribution is 2.24. The first-order valence-electron chi connectivity index (χ1n) is 6.01. The SMILES string of the molecule is CC1CCOC1C(=O)Nc1cccc(F)c1C(N)=S. The number of carbonyl (C=O) groups excluding carboxylic acids is 1. The van der Waals surface area contributed by atoms with E-state index >= 15 is 0 Å². The van der Waals surface area contributed by atoms with Gasteiger partial charge in [-0.25, -0.2) is 4.39 Å². The zero-order valence-electron chi connectivity index (χ0n) is 10.5. The summed E-state index contributed by atoms with van der Waals surface area (Å²) in [6.45, 7) is 2.50. The Bertz CT molecular complexity index is 521. The number of nitrogens with one attached hydrogen (secondary N) is 1. The molecule has 4 nitrogen and oxygen atoms in total. The first-order chi connectivity index (χ1) is 9.00. The van der Waals surface area contributed by atoms with Crippen LogP contribution in [0.1, 0.15) is 18.9 Å². The Kier molecular flexibility index (Phi) is 4.11. The molecule has 0 radical (unpaired) electrons. The van der Waals surface area contributed by atoms with E-state index in [-0.39, 0.29) is 28.1 Å². The van der Waals surface area contributed by atoms with Gasteiger partial charge >= 0.3 is 0 Å². The van der Waals surface area contributed by atoms with E-state index in [0.717, 1.165) is 6.42 Å². The number of nitrogens with two attached hydrogens (primary N) is 1. The summed E-state index contributed by atoms with van der Waals surface area (Å²) in [5.41, 5.74) is 5.81. The lowest BCUT2D eigenvalue weighted by Crippen LogP contribution is -2.32. The number of carbonyl (C=O) groups is 1. The smallest absolute Gasteiger partial charge is 0.253 e. The summed E-state index contributed by atoms with van der Waals surface area (Å²) in [4.78, 5) is 12.0. The van der Waals surface area contributed by atoms with Crippen LogP contribution < -0.4 is 11.1 Å². The third kappa shape index (κ3) is 2.90. The molecule has 19 heavy (non-hydrogen) atoms. The number of rotatable bonds is 3. The third-order valence-corrected chi connectivity index (χ3v) is 3.37. The molecule has 0 aromatic heterocycles. The summed E-state index contributed by atoms with van der Waals surface area (Å²) in [7, 11) is 0. The summed E-state index contributed by atoms with van der Waals surface area (Å²) >= 11 is 4.80. The molecule has 1 heterocycles. The van der Waals surface area contributed by atoms with Gasteiger partial charge < -0.3 is 15.8 Å². The fraction of sp³-hybridized carbons (Fsp3) is 0.385. The normalized spacial score (nSPS) is 22.2. The summed E-state index contributed by atoms with van der Waals surface area (Å²) in [6, 6.07) is 4.31. The van der Waals surface area contributed by atoms with Crippen LogP contribution in [0, 0.1) is 11.7 Å². The van der Waals surface area contributed by atoms with E-state index in [9.17, 15) is 9.18 Å². The Morgan fingerprint density at radius 2 is 2.32 bits per heavy atom. The molecule has 1 aromatic carbocycles. The molecule has 2 unspecified atom stereocenters. The molecule has 1 saturated heterocycles. The number of benzene rings is 1. The van der Waals surface area contributed by atoms with E-state index in [4.69, 9.17) is 22.7 Å². The number of halogens is 1. The van der Waals surface area contributed by atoms with Crippen LogP contribution >= 0.6 is 12.2 Å². The van der Waals surface area contributed by atoms with E-state index in [0.29, 0.717) is 6.61 Å². The minimum atomic E-state index is -0.550. The van der Waals surface area contributed by atoms with Gasteiger partial charge in [-0.05, 0) is 24.5 Å². The molecular weight excluding hydrogens is 267 g/mol. The Balaban J connectivity index is 2.21. The Hall–Kier alpha value is -1.53. The van der Waals surface area contributed by atoms with Gasteiger partial charge in [0.15, 0.2) is 0 Å². The minimum Gasteiger partial charge on any atom is -0.389 e. The van der Waals surface area contributed by atoms with Crippen LogP contribution in [0.4, 0.5) is 10.1 Å². The van der Waals surface area contributed by atoms with E-state index in [1.54, 1.807) is 6.07 Å². The van der Waals surface area contributed by atoms with E-state index < -0.39 is 11.9 Å². The second kappa shape index (κ2) is 5.63. The number of hydrogen-bond acceptors (Lipinski definition) is 3. The molecule has 1 amide bonds. The topological polar surface area (TPSA) is 64.3 Å². The lowest BCUT2D eigenvalue weighted by molar-refractivity contribution is -0.126. The zero-order chi connectivity index (χ0) is 14.0. The first-order valence-corrected chi connectivity index (χ1v) is 6.42. The van der Waals surface area contributed by atoms with Crippen LogP contribution in [0.3, 0.4) is 0 Å². The number of hydrogen-bond donors (Lipinski definition) is 2. The Labute approximate surface area is 116 Å². The molecule has 1 fully saturated rings. The van der Waals surface area contributed by atoms with E-state index in [2.05, 4.69) is 5.32 Å². The van der Waals surface area contributed by atoms with Crippen LogP contribution in [-0.4, -0.2) is 23.6 Å². The second-order valence-electron chi connectivity index (χ2n) is 4.57. The molecule has 2 rings (SSSR count). The van der Waals surface area contributed by atoms with Gasteiger partial charge in [0.05, 0.1) is 11.3 Å². The predicted octanol–water partition coefficient (Wildman–Crippen LogP) is 1.82. The van der Waals surface area contributed by atoms with Crippen molar-refractivity contribution in [3.63, 3.8) is 0 Å². The molecule has 1 aliphatic rings. The molecule has 0 aliphatic carbocycles. The molecule has 1 aliphatic heterocycles. The van der Waals surface area contributed by atoms with Gasteiger partial charge in [-0.1, -0.05) is 25.2 Å². The number of amides is 1. The highest BCUT2D eigenvalue weighted by molar-refractivity contribution is 7.80. The standard InChI is InChI=1S/C13H15FN2O2S/c1-7-5-6-18-11(7)13(17)16-9-4-2-3-8(14)10(9)12(15)19/h2-4,7,11H,5-6H2,1H3,(H2,15,19)(H,16,17). The van der Waals surface area contributed by atoms with Crippen LogP contribution in [0.25, 0.3) is 0 Å². The lowest BCUT2D eigenvalue weighted by atomic mass is 10.0. The maximum absolute atomic E-state index is 13.7. The monoisotopic (exact) mass is 282 g/mol. The molecule has 102 valence electrons. The van der Waals surface area contributed by atoms with Crippen molar-refractivity contribution in [3.8, 4) is 0 Å². The van der Waals surface area contributed by atoms with Crippen LogP contribution in [0.2, 0.25) is 0 Å². The summed E-state index contributed by atoms with van der Waals surface area (Å²) in [6.07, 6.45) is 0.325. The van der Waals surface area contributed by atoms with Crippen molar-refractivity contribution >= 4 is 28.8 Å². The highest BCUT2D eigenvalue weighted by atomic mass is 32.1. The fourth-order valence-electron chi connectivity index (χ4n) is 2.11. The van der Waals surface area contributed by atoms with Gasteiger partial charge in [0.1, 0.15) is 16.9 Å². The molecule has 3 N–H and O–H groups in total. The maximum atomic E-state index is 13.7. The molecule has 0 spiro atoms. The van der Waals surface area contributed by atoms with Crippen LogP contribution in [0.15, 0.2) is 18.2 Å². The highest BCUT2D eigenvalue weighted by Gasteiger charge is 2.31. The van der Waals surface area contributed by atoms with Crippen molar-refractivity contribution in [1.82, 2.24) is 0 Å². The van der Waals surface area contributed by atoms with Crippen molar-refractivity contribution in [1.29, 1.82) is 0 Å². The summed E-state index contributed by atoms with van der Waals surface area (Å²) in [5.74, 6) is -0.708. The summed E-state index contributed by atoms with van der Waals surface area (Å²) < 4.78 is 19.0. The van der Waals surface area contributed by atoms with E-state index in [1.807, 2.05) is 6.92 Å². The largest absolute Gasteiger partial charge is 0.389 e. The molecule has 2 atom stereocenters. The van der Waals surface area contributed by atoms with Crippen molar-refractivity contribution < 1.29 is 13.9 Å². The molecule has 6 heteroatoms. The average molecular weight is 282 g/mol. The number of thiocarbonyl (C=S) groups is 1. The number of anilines is 1. The van der Waals surface area contributed by atoms with Gasteiger partial charge in [-0.15, -0.1) is 0 Å². The maximum Gasteiger partial charge on any atom is 0.253 e. The predicted molar refractivity (Wildman–Crippen MR) is 74.4 cm³/mol. The van der Waals surface area contributed by atoms with Crippen molar-refractivity contribution in [2.45, 2.75) is 19.4 Å². The van der Waals surface area contributed by atoms with Gasteiger partial charge in [-0.2, -0.15) is 0 Å². The van der Waals surface area contributed by atoms with Gasteiger partial charge in [0.25, 0.3) is 5.91 Å². The lowest BCUT2D eigenvalue weighted by Gasteiger charge is -2.16. The van der Waals surface area contributed by atoms with Gasteiger partial charge in [0.2, 0.25) is 0 Å². The van der Waals surface area contributed by atoms with Crippen molar-refractivity contribution in [3.05, 3.63) is 29.6 Å². The average Bonchev–Trinajstić information content (AvgIpc) is 2.75. The van der Waals surface area contributed by atoms with Gasteiger partial charge in [0, 0.05) is 6.61 Å². The minimum absolute atomic E-state index is 0.0523. The van der Waals surface area contributed by atoms with E-state index in [1.165, 1.54) is 12.1 Å². The molecule has 0 bridgehead atoms. The van der Waals surface area contributed by atoms with Crippen molar-refractivity contribution in [2.24, 2.45) is 11.7 Å². The number of ether oxygens (including phenoxy) is 1. The Morgan fingerprint density at radius 1 is 1.58 bits per heavy atom. The third-order valence-electron chi connectivity index (χ3n) is 3.16. The van der Waals surface area contributed by atoms with Crippen LogP contribution in [0.5, 0.6) is 0 Å². The second-order valence-corrected chi connectivity index (χ2v) is 5.01. The van der Waals surface area contributed by atoms with Gasteiger partial charge in [-0.3, -0.25) is 4.79 Å². The quantitative estimate of drug-likeness (QED) is 0.830. The fourth-order valence-corrected chi connectivity index (χ4v) is 2.32. The molecule has 0 saturated carbocycles. The molecular formula is C13H15FN2O2S. The first kappa shape index (κ1) is 13.9. The van der Waals surface area contributed by atoms with Crippen molar-refractivity contribution in [2.75, 3.05) is 11.9 Å².